The molecule has 4 rings (SSSR count). The number of amides is 1. The van der Waals surface area contributed by atoms with E-state index in [9.17, 15) is 4.79 Å². The van der Waals surface area contributed by atoms with E-state index < -0.39 is 0 Å². The first-order chi connectivity index (χ1) is 13.0. The van der Waals surface area contributed by atoms with Crippen molar-refractivity contribution in [2.24, 2.45) is 0 Å². The summed E-state index contributed by atoms with van der Waals surface area (Å²) in [5, 5.41) is 5.39. The first-order valence-electron chi connectivity index (χ1n) is 9.26. The lowest BCUT2D eigenvalue weighted by atomic mass is 10.0. The van der Waals surface area contributed by atoms with Gasteiger partial charge in [-0.1, -0.05) is 29.8 Å². The highest BCUT2D eigenvalue weighted by atomic mass is 35.5. The van der Waals surface area contributed by atoms with Crippen LogP contribution in [0.3, 0.4) is 0 Å². The molecule has 27 heavy (non-hydrogen) atoms. The van der Waals surface area contributed by atoms with Gasteiger partial charge in [0.05, 0.1) is 11.4 Å². The highest BCUT2D eigenvalue weighted by Gasteiger charge is 2.25. The Morgan fingerprint density at radius 2 is 1.78 bits per heavy atom. The van der Waals surface area contributed by atoms with Gasteiger partial charge < -0.3 is 4.90 Å². The Bertz CT molecular complexity index is 1000. The Hall–Kier alpha value is -2.59. The third-order valence-corrected chi connectivity index (χ3v) is 5.41. The van der Waals surface area contributed by atoms with Crippen LogP contribution in [0.5, 0.6) is 0 Å². The van der Waals surface area contributed by atoms with Crippen molar-refractivity contribution in [1.82, 2.24) is 14.7 Å². The van der Waals surface area contributed by atoms with Crippen molar-refractivity contribution in [3.63, 3.8) is 0 Å². The SMILES string of the molecule is Cc1ccc(-c2cc(C(=O)N3CCCC3)n(-c3cccc(Cl)c3)n2)cc1C. The molecular weight excluding hydrogens is 358 g/mol. The molecule has 1 fully saturated rings. The number of carbonyl (C=O) groups excluding carboxylic acids is 1. The van der Waals surface area contributed by atoms with Crippen LogP contribution in [0, 0.1) is 13.8 Å². The van der Waals surface area contributed by atoms with E-state index in [1.54, 1.807) is 4.68 Å². The van der Waals surface area contributed by atoms with Crippen LogP contribution in [0.1, 0.15) is 34.5 Å². The Morgan fingerprint density at radius 3 is 2.48 bits per heavy atom. The molecule has 0 spiro atoms. The molecule has 0 radical (unpaired) electrons. The summed E-state index contributed by atoms with van der Waals surface area (Å²) in [5.74, 6) is 0.0232. The number of nitrogens with zero attached hydrogens (tertiary/aromatic N) is 3. The molecule has 5 heteroatoms. The van der Waals surface area contributed by atoms with Crippen molar-refractivity contribution in [2.45, 2.75) is 26.7 Å². The second kappa shape index (κ2) is 7.20. The van der Waals surface area contributed by atoms with Gasteiger partial charge in [-0.2, -0.15) is 5.10 Å². The number of aryl methyl sites for hydroxylation is 2. The van der Waals surface area contributed by atoms with Crippen molar-refractivity contribution in [1.29, 1.82) is 0 Å². The number of likely N-dealkylation sites (tertiary alicyclic amines) is 1. The molecule has 0 unspecified atom stereocenters. The summed E-state index contributed by atoms with van der Waals surface area (Å²) >= 11 is 6.18. The minimum atomic E-state index is 0.0232. The second-order valence-corrected chi connectivity index (χ2v) is 7.54. The van der Waals surface area contributed by atoms with Gasteiger partial charge in [0, 0.05) is 23.7 Å². The Kier molecular flexibility index (Phi) is 4.75. The number of hydrogen-bond acceptors (Lipinski definition) is 2. The van der Waals surface area contributed by atoms with Crippen molar-refractivity contribution in [2.75, 3.05) is 13.1 Å². The molecule has 0 bridgehead atoms. The predicted octanol–water partition coefficient (Wildman–Crippen LogP) is 5.05. The van der Waals surface area contributed by atoms with Gasteiger partial charge in [-0.3, -0.25) is 4.79 Å². The van der Waals surface area contributed by atoms with Crippen LogP contribution in [-0.4, -0.2) is 33.7 Å². The minimum Gasteiger partial charge on any atom is -0.337 e. The zero-order valence-corrected chi connectivity index (χ0v) is 16.3. The first kappa shape index (κ1) is 17.8. The average Bonchev–Trinajstić information content (AvgIpc) is 3.33. The van der Waals surface area contributed by atoms with Crippen LogP contribution < -0.4 is 0 Å². The second-order valence-electron chi connectivity index (χ2n) is 7.10. The van der Waals surface area contributed by atoms with E-state index in [-0.39, 0.29) is 5.91 Å². The van der Waals surface area contributed by atoms with E-state index in [1.807, 2.05) is 35.2 Å². The van der Waals surface area contributed by atoms with Gasteiger partial charge >= 0.3 is 0 Å². The third kappa shape index (κ3) is 3.50. The quantitative estimate of drug-likeness (QED) is 0.639. The van der Waals surface area contributed by atoms with Crippen LogP contribution >= 0.6 is 11.6 Å². The Balaban J connectivity index is 1.83. The molecule has 138 valence electrons. The molecule has 4 nitrogen and oxygen atoms in total. The molecule has 1 aliphatic rings. The van der Waals surface area contributed by atoms with Crippen LogP contribution in [0.4, 0.5) is 0 Å². The van der Waals surface area contributed by atoms with Crippen LogP contribution in [0.15, 0.2) is 48.5 Å². The molecule has 2 heterocycles. The van der Waals surface area contributed by atoms with Gasteiger partial charge in [0.25, 0.3) is 5.91 Å². The maximum atomic E-state index is 13.1. The lowest BCUT2D eigenvalue weighted by Crippen LogP contribution is -2.29. The molecule has 1 aromatic heterocycles. The average molecular weight is 380 g/mol. The molecule has 3 aromatic rings. The number of rotatable bonds is 3. The topological polar surface area (TPSA) is 38.1 Å². The van der Waals surface area contributed by atoms with Crippen molar-refractivity contribution >= 4 is 17.5 Å². The van der Waals surface area contributed by atoms with E-state index in [4.69, 9.17) is 16.7 Å². The Labute approximate surface area is 164 Å². The monoisotopic (exact) mass is 379 g/mol. The number of aromatic nitrogens is 2. The zero-order valence-electron chi connectivity index (χ0n) is 15.6. The summed E-state index contributed by atoms with van der Waals surface area (Å²) < 4.78 is 1.72. The predicted molar refractivity (Wildman–Crippen MR) is 109 cm³/mol. The van der Waals surface area contributed by atoms with E-state index in [2.05, 4.69) is 32.0 Å². The molecule has 0 atom stereocenters. The molecule has 1 aliphatic heterocycles. The summed E-state index contributed by atoms with van der Waals surface area (Å²) in [6.45, 7) is 5.78. The largest absolute Gasteiger partial charge is 0.337 e. The molecule has 2 aromatic carbocycles. The highest BCUT2D eigenvalue weighted by molar-refractivity contribution is 6.30. The van der Waals surface area contributed by atoms with E-state index in [0.29, 0.717) is 10.7 Å². The third-order valence-electron chi connectivity index (χ3n) is 5.18. The van der Waals surface area contributed by atoms with Gasteiger partial charge in [-0.15, -0.1) is 0 Å². The van der Waals surface area contributed by atoms with Crippen LogP contribution in [-0.2, 0) is 0 Å². The van der Waals surface area contributed by atoms with E-state index in [0.717, 1.165) is 42.9 Å². The van der Waals surface area contributed by atoms with E-state index in [1.165, 1.54) is 11.1 Å². The van der Waals surface area contributed by atoms with Gasteiger partial charge in [0.2, 0.25) is 0 Å². The maximum Gasteiger partial charge on any atom is 0.272 e. The Morgan fingerprint density at radius 1 is 1.00 bits per heavy atom. The van der Waals surface area contributed by atoms with E-state index >= 15 is 0 Å². The first-order valence-corrected chi connectivity index (χ1v) is 9.63. The number of hydrogen-bond donors (Lipinski definition) is 0. The molecule has 1 saturated heterocycles. The van der Waals surface area contributed by atoms with Crippen molar-refractivity contribution in [3.8, 4) is 16.9 Å². The maximum absolute atomic E-state index is 13.1. The van der Waals surface area contributed by atoms with Gasteiger partial charge in [-0.25, -0.2) is 4.68 Å². The highest BCUT2D eigenvalue weighted by Crippen LogP contribution is 2.26. The lowest BCUT2D eigenvalue weighted by molar-refractivity contribution is 0.0784. The van der Waals surface area contributed by atoms with Gasteiger partial charge in [0.1, 0.15) is 5.69 Å². The lowest BCUT2D eigenvalue weighted by Gasteiger charge is -2.16. The standard InChI is InChI=1S/C22H22ClN3O/c1-15-8-9-17(12-16(15)2)20-14-21(22(27)25-10-3-4-11-25)26(24-20)19-7-5-6-18(23)13-19/h5-9,12-14H,3-4,10-11H2,1-2H3. The zero-order chi connectivity index (χ0) is 19.0. The smallest absolute Gasteiger partial charge is 0.272 e. The van der Waals surface area contributed by atoms with Crippen LogP contribution in [0.25, 0.3) is 16.9 Å². The summed E-state index contributed by atoms with van der Waals surface area (Å²) in [4.78, 5) is 15.0. The fourth-order valence-electron chi connectivity index (χ4n) is 3.46. The van der Waals surface area contributed by atoms with Crippen molar-refractivity contribution < 1.29 is 4.79 Å². The van der Waals surface area contributed by atoms with Crippen LogP contribution in [0.2, 0.25) is 5.02 Å². The van der Waals surface area contributed by atoms with Gasteiger partial charge in [0.15, 0.2) is 0 Å². The molecule has 1 amide bonds. The fourth-order valence-corrected chi connectivity index (χ4v) is 3.65. The summed E-state index contributed by atoms with van der Waals surface area (Å²) in [6.07, 6.45) is 2.11. The minimum absolute atomic E-state index is 0.0232. The molecular formula is C22H22ClN3O. The van der Waals surface area contributed by atoms with Gasteiger partial charge in [-0.05, 0) is 68.1 Å². The number of benzene rings is 2. The number of halogens is 1. The van der Waals surface area contributed by atoms with Crippen molar-refractivity contribution in [3.05, 3.63) is 70.4 Å². The molecule has 0 saturated carbocycles. The summed E-state index contributed by atoms with van der Waals surface area (Å²) in [6, 6.07) is 15.6. The summed E-state index contributed by atoms with van der Waals surface area (Å²) in [7, 11) is 0. The molecule has 0 aliphatic carbocycles. The summed E-state index contributed by atoms with van der Waals surface area (Å²) in [5.41, 5.74) is 5.61. The normalized spacial score (nSPS) is 14.0. The number of carbonyl (C=O) groups is 1. The fraction of sp³-hybridized carbons (Fsp3) is 0.273. The molecule has 0 N–H and O–H groups in total.